The summed E-state index contributed by atoms with van der Waals surface area (Å²) < 4.78 is 2.50. The second-order valence-corrected chi connectivity index (χ2v) is 7.27. The highest BCUT2D eigenvalue weighted by Crippen LogP contribution is 2.16. The van der Waals surface area contributed by atoms with E-state index in [-0.39, 0.29) is 24.9 Å². The van der Waals surface area contributed by atoms with Gasteiger partial charge in [0.25, 0.3) is 5.56 Å². The molecule has 1 N–H and O–H groups in total. The quantitative estimate of drug-likeness (QED) is 0.733. The molecule has 2 aromatic rings. The van der Waals surface area contributed by atoms with Crippen LogP contribution in [0.1, 0.15) is 25.3 Å². The molecule has 3 rings (SSSR count). The summed E-state index contributed by atoms with van der Waals surface area (Å²) in [5.41, 5.74) is 0.0697. The molecule has 0 saturated carbocycles. The number of amides is 1. The van der Waals surface area contributed by atoms with E-state index in [0.717, 1.165) is 36.1 Å². The summed E-state index contributed by atoms with van der Waals surface area (Å²) in [6.07, 6.45) is 3.38. The van der Waals surface area contributed by atoms with E-state index in [4.69, 9.17) is 0 Å². The maximum absolute atomic E-state index is 12.7. The fraction of sp³-hybridized carbons (Fsp3) is 0.476. The van der Waals surface area contributed by atoms with E-state index in [1.807, 2.05) is 30.3 Å². The second-order valence-electron chi connectivity index (χ2n) is 7.27. The van der Waals surface area contributed by atoms with Crippen molar-refractivity contribution in [1.82, 2.24) is 19.4 Å². The fourth-order valence-electron chi connectivity index (χ4n) is 3.57. The van der Waals surface area contributed by atoms with Gasteiger partial charge < -0.3 is 10.2 Å². The van der Waals surface area contributed by atoms with Crippen molar-refractivity contribution in [2.24, 2.45) is 5.92 Å². The Bertz CT molecular complexity index is 902. The summed E-state index contributed by atoms with van der Waals surface area (Å²) in [4.78, 5) is 39.4. The molecule has 8 heteroatoms. The van der Waals surface area contributed by atoms with Crippen molar-refractivity contribution in [1.29, 1.82) is 0 Å². The predicted octanol–water partition coefficient (Wildman–Crippen LogP) is 1.33. The maximum atomic E-state index is 12.7. The number of piperidine rings is 1. The average molecular weight is 421 g/mol. The third kappa shape index (κ3) is 6.05. The number of nitrogens with one attached hydrogen (secondary N) is 1. The molecule has 1 fully saturated rings. The number of carbonyl (C=O) groups is 1. The number of aromatic nitrogens is 2. The molecule has 0 atom stereocenters. The Balaban J connectivity index is 0.00000300. The first-order chi connectivity index (χ1) is 13.6. The van der Waals surface area contributed by atoms with E-state index in [1.54, 1.807) is 4.90 Å². The van der Waals surface area contributed by atoms with Crippen LogP contribution in [0.5, 0.6) is 0 Å². The van der Waals surface area contributed by atoms with Crippen molar-refractivity contribution in [3.63, 3.8) is 0 Å². The van der Waals surface area contributed by atoms with Crippen LogP contribution in [-0.4, -0.2) is 46.1 Å². The van der Waals surface area contributed by atoms with Crippen molar-refractivity contribution in [3.05, 3.63) is 69.0 Å². The zero-order valence-corrected chi connectivity index (χ0v) is 17.6. The number of carbonyl (C=O) groups excluding carboxylic acids is 1. The van der Waals surface area contributed by atoms with Crippen LogP contribution in [0.2, 0.25) is 0 Å². The molecule has 1 amide bonds. The average Bonchev–Trinajstić information content (AvgIpc) is 2.72. The minimum atomic E-state index is -0.452. The highest BCUT2D eigenvalue weighted by molar-refractivity contribution is 5.85. The van der Waals surface area contributed by atoms with Crippen LogP contribution in [0.15, 0.2) is 52.2 Å². The minimum Gasteiger partial charge on any atom is -0.341 e. The third-order valence-corrected chi connectivity index (χ3v) is 5.28. The zero-order chi connectivity index (χ0) is 19.9. The molecule has 7 nitrogen and oxygen atoms in total. The van der Waals surface area contributed by atoms with Crippen molar-refractivity contribution in [3.8, 4) is 0 Å². The Morgan fingerprint density at radius 2 is 1.79 bits per heavy atom. The van der Waals surface area contributed by atoms with Gasteiger partial charge in [-0.25, -0.2) is 4.79 Å². The summed E-state index contributed by atoms with van der Waals surface area (Å²) in [6, 6.07) is 10.9. The first-order valence-electron chi connectivity index (χ1n) is 9.91. The van der Waals surface area contributed by atoms with E-state index >= 15 is 0 Å². The van der Waals surface area contributed by atoms with Crippen molar-refractivity contribution < 1.29 is 4.79 Å². The monoisotopic (exact) mass is 420 g/mol. The van der Waals surface area contributed by atoms with Gasteiger partial charge in [0.15, 0.2) is 0 Å². The summed E-state index contributed by atoms with van der Waals surface area (Å²) in [5.74, 6) is 0.408. The highest BCUT2D eigenvalue weighted by atomic mass is 35.5. The molecule has 1 aliphatic heterocycles. The standard InChI is InChI=1S/C21H28N4O3.ClH/c1-2-22-14-17-8-11-23(12-9-17)20(27)16-25-19(26)10-13-24(21(25)28)15-18-6-4-3-5-7-18;/h3-7,10,13,17,22H,2,8-9,11-12,14-16H2,1H3;1H. The minimum absolute atomic E-state index is 0. The summed E-state index contributed by atoms with van der Waals surface area (Å²) in [5, 5.41) is 3.35. The molecule has 29 heavy (non-hydrogen) atoms. The third-order valence-electron chi connectivity index (χ3n) is 5.28. The van der Waals surface area contributed by atoms with Gasteiger partial charge in [-0.2, -0.15) is 0 Å². The molecule has 0 unspecified atom stereocenters. The smallest absolute Gasteiger partial charge is 0.331 e. The Kier molecular flexibility index (Phi) is 8.67. The van der Waals surface area contributed by atoms with Gasteiger partial charge in [-0.15, -0.1) is 12.4 Å². The predicted molar refractivity (Wildman–Crippen MR) is 116 cm³/mol. The molecular weight excluding hydrogens is 392 g/mol. The highest BCUT2D eigenvalue weighted by Gasteiger charge is 2.23. The SMILES string of the molecule is CCNCC1CCN(C(=O)Cn2c(=O)ccn(Cc3ccccc3)c2=O)CC1.Cl. The van der Waals surface area contributed by atoms with Crippen LogP contribution in [0.3, 0.4) is 0 Å². The molecular formula is C21H29ClN4O3. The summed E-state index contributed by atoms with van der Waals surface area (Å²) in [7, 11) is 0. The number of nitrogens with zero attached hydrogens (tertiary/aromatic N) is 3. The molecule has 158 valence electrons. The Morgan fingerprint density at radius 1 is 1.10 bits per heavy atom. The van der Waals surface area contributed by atoms with Crippen LogP contribution in [0, 0.1) is 5.92 Å². The van der Waals surface area contributed by atoms with Crippen LogP contribution >= 0.6 is 12.4 Å². The van der Waals surface area contributed by atoms with Gasteiger partial charge in [0.2, 0.25) is 5.91 Å². The second kappa shape index (κ2) is 11.0. The Morgan fingerprint density at radius 3 is 2.45 bits per heavy atom. The largest absolute Gasteiger partial charge is 0.341 e. The van der Waals surface area contributed by atoms with Gasteiger partial charge in [-0.1, -0.05) is 37.3 Å². The van der Waals surface area contributed by atoms with Crippen LogP contribution in [-0.2, 0) is 17.9 Å². The van der Waals surface area contributed by atoms with Crippen LogP contribution < -0.4 is 16.6 Å². The Labute approximate surface area is 176 Å². The molecule has 0 spiro atoms. The molecule has 1 aromatic carbocycles. The number of benzene rings is 1. The van der Waals surface area contributed by atoms with E-state index in [2.05, 4.69) is 12.2 Å². The summed E-state index contributed by atoms with van der Waals surface area (Å²) in [6.45, 7) is 5.52. The number of hydrogen-bond acceptors (Lipinski definition) is 4. The van der Waals surface area contributed by atoms with E-state index in [0.29, 0.717) is 25.6 Å². The molecule has 2 heterocycles. The first kappa shape index (κ1) is 22.9. The van der Waals surface area contributed by atoms with Gasteiger partial charge in [0, 0.05) is 25.4 Å². The normalized spacial score (nSPS) is 14.4. The number of rotatable bonds is 7. The van der Waals surface area contributed by atoms with Gasteiger partial charge in [0.1, 0.15) is 6.54 Å². The topological polar surface area (TPSA) is 76.3 Å². The Hall–Kier alpha value is -2.38. The zero-order valence-electron chi connectivity index (χ0n) is 16.8. The number of halogens is 1. The molecule has 1 saturated heterocycles. The van der Waals surface area contributed by atoms with Gasteiger partial charge in [-0.05, 0) is 37.4 Å². The van der Waals surface area contributed by atoms with Crippen molar-refractivity contribution in [2.45, 2.75) is 32.9 Å². The maximum Gasteiger partial charge on any atom is 0.331 e. The lowest BCUT2D eigenvalue weighted by molar-refractivity contribution is -0.133. The van der Waals surface area contributed by atoms with Gasteiger partial charge >= 0.3 is 5.69 Å². The number of hydrogen-bond donors (Lipinski definition) is 1. The summed E-state index contributed by atoms with van der Waals surface area (Å²) >= 11 is 0. The van der Waals surface area contributed by atoms with Crippen molar-refractivity contribution in [2.75, 3.05) is 26.2 Å². The lowest BCUT2D eigenvalue weighted by Gasteiger charge is -2.32. The van der Waals surface area contributed by atoms with E-state index < -0.39 is 11.2 Å². The molecule has 1 aromatic heterocycles. The molecule has 0 aliphatic carbocycles. The molecule has 1 aliphatic rings. The van der Waals surface area contributed by atoms with Crippen molar-refractivity contribution >= 4 is 18.3 Å². The lowest BCUT2D eigenvalue weighted by Crippen LogP contribution is -2.46. The van der Waals surface area contributed by atoms with Crippen LogP contribution in [0.25, 0.3) is 0 Å². The van der Waals surface area contributed by atoms with E-state index in [9.17, 15) is 14.4 Å². The molecule has 0 radical (unpaired) electrons. The van der Waals surface area contributed by atoms with Crippen LogP contribution in [0.4, 0.5) is 0 Å². The first-order valence-corrected chi connectivity index (χ1v) is 9.91. The lowest BCUT2D eigenvalue weighted by atomic mass is 9.97. The van der Waals surface area contributed by atoms with E-state index in [1.165, 1.54) is 16.8 Å². The van der Waals surface area contributed by atoms with Gasteiger partial charge in [-0.3, -0.25) is 18.7 Å². The molecule has 0 bridgehead atoms. The van der Waals surface area contributed by atoms with Gasteiger partial charge in [0.05, 0.1) is 6.54 Å². The fourth-order valence-corrected chi connectivity index (χ4v) is 3.57. The number of likely N-dealkylation sites (tertiary alicyclic amines) is 1.